The van der Waals surface area contributed by atoms with Gasteiger partial charge in [0, 0.05) is 44.2 Å². The van der Waals surface area contributed by atoms with E-state index in [1.54, 1.807) is 20.1 Å². The SMILES string of the molecule is CSCC[C@H](NC(=O)[C@H](Cc1cnc[nH]1)NC(=O)[C@@H](NC(=O)[C@H](CCCCN)NC(=O)[C@H](C)NC(=O)[C@H](CO)NC(=O)[C@H](C)NC(=O)[C@@H](N)CCCNC(N)N)[C@@H](C)O)C(=O)N[C@@H](Cc1ccc(O)cc1)C(=O)N1CCC[C@H]1C(=O)N[C@H](C(=O)N[C@@H](CCCNC(N)N)C(=O)N[C@@H](CC(N)=O)C(=O)N[C@@H](Cc1ccc(O)cc1)C(=O)N[C@@H](CO)C(=O)N1CCC[C@H]1C(=O)O)C(C)C. The number of benzene rings is 2. The van der Waals surface area contributed by atoms with E-state index >= 15 is 9.59 Å². The first-order chi connectivity index (χ1) is 62.5. The quantitative estimate of drug-likeness (QED) is 0.0184. The Balaban J connectivity index is 1.35. The molecule has 5 rings (SSSR count). The highest BCUT2D eigenvalue weighted by Crippen LogP contribution is 2.24. The Labute approximate surface area is 766 Å². The number of thioether (sulfide) groups is 1. The molecule has 2 aliphatic rings. The van der Waals surface area contributed by atoms with Crippen LogP contribution in [0.15, 0.2) is 61.1 Å². The predicted molar refractivity (Wildman–Crippen MR) is 477 cm³/mol. The average Bonchev–Trinajstić information content (AvgIpc) is 1.64. The molecule has 3 heterocycles. The molecule has 0 bridgehead atoms. The number of aromatic nitrogens is 2. The Bertz CT molecular complexity index is 4330. The van der Waals surface area contributed by atoms with E-state index in [0.717, 1.165) is 11.8 Å². The van der Waals surface area contributed by atoms with E-state index in [0.29, 0.717) is 36.9 Å². The molecule has 2 fully saturated rings. The molecule has 2 aliphatic heterocycles. The molecule has 50 heteroatoms. The molecule has 0 saturated carbocycles. The standard InChI is InChI=1S/C82H132N26O23S/c1-41(2)63(76(126)98-52(15-10-29-92-82(88)89)68(118)100-56(36-62(85)114)73(123)99-54(33-45-18-22-48(112)23-19-45)71(121)104-59(39-110)79(129)108-31-12-17-61(108)80(130)131)105-75(125)60-16-11-30-107(60)78(128)57(34-46-20-24-49(113)25-21-46)102-69(119)53(26-32-132-6)97-72(122)55(35-47-37-90-40-93-47)101-77(127)64(44(5)111)106-70(120)51(14-7-8-27-83)96-65(115)43(4)95-74(124)58(38-109)103-66(116)42(3)94-67(117)50(84)13-9-28-91-81(86)87/h18-25,37,40-44,50-61,63-64,81-82,91-92,109-113H,7-17,26-36,38-39,83-84,86-89H2,1-6H3,(H2,85,114)(H,90,93)(H,94,117)(H,95,124)(H,96,115)(H,97,122)(H,98,126)(H,99,123)(H,100,118)(H,101,127)(H,102,119)(H,103,116)(H,104,121)(H,105,125)(H,106,120)(H,130,131)/t42-,43-,44+,50-,51-,52-,53-,54-,55-,56-,57-,58-,59-,60-,61-,63-,64-/m0/s1. The number of likely N-dealkylation sites (tertiary alicyclic amines) is 2. The maximum Gasteiger partial charge on any atom is 0.326 e. The van der Waals surface area contributed by atoms with Crippen molar-refractivity contribution in [3.05, 3.63) is 77.9 Å². The highest BCUT2D eigenvalue weighted by Gasteiger charge is 2.44. The number of imidazole rings is 1. The van der Waals surface area contributed by atoms with Gasteiger partial charge in [-0.25, -0.2) is 9.78 Å². The molecule has 2 saturated heterocycles. The summed E-state index contributed by atoms with van der Waals surface area (Å²) in [6.07, 6.45) is 0.195. The molecular formula is C82H132N26O23S. The van der Waals surface area contributed by atoms with E-state index in [2.05, 4.69) is 89.7 Å². The zero-order chi connectivity index (χ0) is 98.2. The number of carboxylic acid groups (broad SMARTS) is 1. The number of nitrogens with two attached hydrogens (primary N) is 7. The number of carbonyl (C=O) groups excluding carboxylic acids is 16. The molecule has 0 aliphatic carbocycles. The number of aromatic amines is 1. The lowest BCUT2D eigenvalue weighted by Crippen LogP contribution is -2.62. The van der Waals surface area contributed by atoms with Gasteiger partial charge in [0.05, 0.1) is 38.1 Å². The van der Waals surface area contributed by atoms with Crippen molar-refractivity contribution in [3.8, 4) is 11.5 Å². The smallest absolute Gasteiger partial charge is 0.326 e. The van der Waals surface area contributed by atoms with Crippen molar-refractivity contribution in [2.45, 2.75) is 253 Å². The van der Waals surface area contributed by atoms with Crippen LogP contribution in [0, 0.1) is 5.92 Å². The average molecular weight is 1880 g/mol. The first-order valence-corrected chi connectivity index (χ1v) is 44.8. The van der Waals surface area contributed by atoms with Gasteiger partial charge in [-0.15, -0.1) is 0 Å². The fraction of sp³-hybridized carbons (Fsp3) is 0.610. The second kappa shape index (κ2) is 56.1. The van der Waals surface area contributed by atoms with Crippen molar-refractivity contribution >= 4 is 112 Å². The number of amides is 16. The van der Waals surface area contributed by atoms with Crippen molar-refractivity contribution in [3.63, 3.8) is 0 Å². The number of rotatable bonds is 58. The van der Waals surface area contributed by atoms with Crippen molar-refractivity contribution in [1.29, 1.82) is 0 Å². The fourth-order valence-electron chi connectivity index (χ4n) is 14.3. The zero-order valence-corrected chi connectivity index (χ0v) is 75.5. The fourth-order valence-corrected chi connectivity index (χ4v) is 14.7. The first kappa shape index (κ1) is 111. The van der Waals surface area contributed by atoms with Crippen LogP contribution in [0.2, 0.25) is 0 Å². The third-order valence-electron chi connectivity index (χ3n) is 21.7. The molecule has 0 unspecified atom stereocenters. The molecule has 734 valence electrons. The van der Waals surface area contributed by atoms with Crippen LogP contribution in [-0.4, -0.2) is 324 Å². The number of hydrogen-bond acceptors (Lipinski definition) is 32. The number of hydrogen-bond donors (Lipinski definition) is 29. The van der Waals surface area contributed by atoms with Crippen molar-refractivity contribution in [1.82, 2.24) is 99.5 Å². The number of aromatic hydroxyl groups is 2. The van der Waals surface area contributed by atoms with Crippen LogP contribution in [0.1, 0.15) is 135 Å². The maximum absolute atomic E-state index is 15.3. The van der Waals surface area contributed by atoms with E-state index in [9.17, 15) is 103 Å². The molecule has 49 nitrogen and oxygen atoms in total. The van der Waals surface area contributed by atoms with Gasteiger partial charge in [0.1, 0.15) is 115 Å². The molecular weight excluding hydrogens is 1750 g/mol. The number of phenolic OH excluding ortho intramolecular Hbond substituents is 2. The van der Waals surface area contributed by atoms with E-state index in [1.807, 2.05) is 0 Å². The van der Waals surface area contributed by atoms with E-state index in [-0.39, 0.29) is 126 Å². The van der Waals surface area contributed by atoms with Gasteiger partial charge >= 0.3 is 5.97 Å². The number of phenols is 2. The Kier molecular flexibility index (Phi) is 47.1. The number of carbonyl (C=O) groups is 17. The third-order valence-corrected chi connectivity index (χ3v) is 22.3. The molecule has 132 heavy (non-hydrogen) atoms. The summed E-state index contributed by atoms with van der Waals surface area (Å²) in [5.74, 6) is -18.1. The Hall–Kier alpha value is -11.9. The Morgan fingerprint density at radius 1 is 0.470 bits per heavy atom. The van der Waals surface area contributed by atoms with Crippen LogP contribution >= 0.6 is 11.8 Å². The molecule has 0 spiro atoms. The highest BCUT2D eigenvalue weighted by molar-refractivity contribution is 7.98. The number of aliphatic hydroxyl groups excluding tert-OH is 3. The third kappa shape index (κ3) is 36.7. The highest BCUT2D eigenvalue weighted by atomic mass is 32.2. The summed E-state index contributed by atoms with van der Waals surface area (Å²) < 4.78 is 0. The summed E-state index contributed by atoms with van der Waals surface area (Å²) in [4.78, 5) is 248. The van der Waals surface area contributed by atoms with Gasteiger partial charge in [-0.2, -0.15) is 11.8 Å². The first-order valence-electron chi connectivity index (χ1n) is 43.4. The molecule has 16 amide bonds. The molecule has 1 aromatic heterocycles. The van der Waals surface area contributed by atoms with E-state index in [1.165, 1.54) is 91.6 Å². The van der Waals surface area contributed by atoms with Gasteiger partial charge < -0.3 is 155 Å². The molecule has 17 atom stereocenters. The summed E-state index contributed by atoms with van der Waals surface area (Å²) in [5, 5.41) is 99.8. The minimum Gasteiger partial charge on any atom is -0.508 e. The number of aliphatic carboxylic acids is 1. The van der Waals surface area contributed by atoms with Crippen LogP contribution < -0.4 is 120 Å². The number of unbranched alkanes of at least 4 members (excludes halogenated alkanes) is 1. The largest absolute Gasteiger partial charge is 0.508 e. The van der Waals surface area contributed by atoms with Crippen molar-refractivity contribution in [2.24, 2.45) is 46.1 Å². The normalized spacial score (nSPS) is 17.1. The van der Waals surface area contributed by atoms with Gasteiger partial charge in [-0.3, -0.25) is 87.3 Å². The van der Waals surface area contributed by atoms with Gasteiger partial charge in [0.15, 0.2) is 0 Å². The van der Waals surface area contributed by atoms with Gasteiger partial charge in [0.2, 0.25) is 94.5 Å². The lowest BCUT2D eigenvalue weighted by molar-refractivity contribution is -0.150. The van der Waals surface area contributed by atoms with E-state index < -0.39 is 241 Å². The van der Waals surface area contributed by atoms with Crippen LogP contribution in [0.5, 0.6) is 11.5 Å². The zero-order valence-electron chi connectivity index (χ0n) is 74.7. The number of nitrogens with one attached hydrogen (secondary N) is 16. The summed E-state index contributed by atoms with van der Waals surface area (Å²) in [7, 11) is 0. The van der Waals surface area contributed by atoms with Crippen LogP contribution in [0.3, 0.4) is 0 Å². The number of H-pyrrole nitrogens is 1. The number of nitrogens with zero attached hydrogens (tertiary/aromatic N) is 3. The summed E-state index contributed by atoms with van der Waals surface area (Å²) >= 11 is 1.27. The van der Waals surface area contributed by atoms with Crippen molar-refractivity contribution in [2.75, 3.05) is 57.9 Å². The Morgan fingerprint density at radius 3 is 1.39 bits per heavy atom. The van der Waals surface area contributed by atoms with E-state index in [4.69, 9.17) is 40.1 Å². The minimum absolute atomic E-state index is 0.00736. The summed E-state index contributed by atoms with van der Waals surface area (Å²) in [6, 6.07) is -13.5. The molecule has 2 aromatic carbocycles. The van der Waals surface area contributed by atoms with Gasteiger partial charge in [0.25, 0.3) is 0 Å². The summed E-state index contributed by atoms with van der Waals surface area (Å²) in [5.41, 5.74) is 40.7. The maximum atomic E-state index is 15.3. The second-order valence-corrected chi connectivity index (χ2v) is 33.6. The lowest BCUT2D eigenvalue weighted by atomic mass is 10.0. The second-order valence-electron chi connectivity index (χ2n) is 32.7. The predicted octanol–water partition coefficient (Wildman–Crippen LogP) is -10.5. The molecule has 0 radical (unpaired) electrons. The Morgan fingerprint density at radius 2 is 0.886 bits per heavy atom. The number of carboxylic acids is 1. The monoisotopic (exact) mass is 1880 g/mol. The topological polar surface area (TPSA) is 809 Å². The van der Waals surface area contributed by atoms with Crippen molar-refractivity contribution < 1.29 is 112 Å². The van der Waals surface area contributed by atoms with Crippen LogP contribution in [0.25, 0.3) is 0 Å². The summed E-state index contributed by atoms with van der Waals surface area (Å²) in [6.45, 7) is 5.27. The van der Waals surface area contributed by atoms with Crippen LogP contribution in [0.4, 0.5) is 0 Å². The number of primary amides is 1. The van der Waals surface area contributed by atoms with Gasteiger partial charge in [-0.05, 0) is 171 Å². The minimum atomic E-state index is -1.90. The van der Waals surface area contributed by atoms with Crippen LogP contribution in [-0.2, 0) is 101 Å². The lowest BCUT2D eigenvalue weighted by Gasteiger charge is -2.32. The van der Waals surface area contributed by atoms with Gasteiger partial charge in [-0.1, -0.05) is 38.1 Å². The molecule has 3 aromatic rings. The molecule has 36 N–H and O–H groups in total. The number of aliphatic hydroxyl groups is 3.